The van der Waals surface area contributed by atoms with Gasteiger partial charge in [0, 0.05) is 37.1 Å². The molecule has 5 heteroatoms. The molecule has 1 aromatic rings. The van der Waals surface area contributed by atoms with Crippen LogP contribution in [-0.4, -0.2) is 37.4 Å². The van der Waals surface area contributed by atoms with Crippen LogP contribution in [0.3, 0.4) is 0 Å². The van der Waals surface area contributed by atoms with Crippen molar-refractivity contribution in [3.63, 3.8) is 0 Å². The van der Waals surface area contributed by atoms with Gasteiger partial charge >= 0.3 is 6.03 Å². The smallest absolute Gasteiger partial charge is 0.321 e. The standard InChI is InChI=1S/C16H23N3O2/c1-16(2)11-13(6-9-21-16)18-12-4-3-5-14(10-12)19-8-7-17-15(19)20/h3-5,10,13,18H,6-9,11H2,1-2H3,(H,17,20). The third kappa shape index (κ3) is 3.29. The van der Waals surface area contributed by atoms with Crippen LogP contribution in [0.4, 0.5) is 16.2 Å². The van der Waals surface area contributed by atoms with Gasteiger partial charge in [-0.05, 0) is 44.9 Å². The second-order valence-electron chi connectivity index (χ2n) is 6.38. The lowest BCUT2D eigenvalue weighted by Crippen LogP contribution is -2.40. The monoisotopic (exact) mass is 289 g/mol. The Bertz CT molecular complexity index is 530. The van der Waals surface area contributed by atoms with E-state index in [9.17, 15) is 4.79 Å². The van der Waals surface area contributed by atoms with Crippen molar-refractivity contribution in [2.24, 2.45) is 0 Å². The Labute approximate surface area is 125 Å². The van der Waals surface area contributed by atoms with Gasteiger partial charge in [-0.3, -0.25) is 4.90 Å². The molecule has 2 aliphatic rings. The van der Waals surface area contributed by atoms with Crippen LogP contribution in [0.15, 0.2) is 24.3 Å². The molecular weight excluding hydrogens is 266 g/mol. The largest absolute Gasteiger partial charge is 0.382 e. The van der Waals surface area contributed by atoms with Gasteiger partial charge in [0.05, 0.1) is 5.60 Å². The average molecular weight is 289 g/mol. The van der Waals surface area contributed by atoms with Crippen molar-refractivity contribution in [1.29, 1.82) is 0 Å². The molecule has 5 nitrogen and oxygen atoms in total. The summed E-state index contributed by atoms with van der Waals surface area (Å²) < 4.78 is 5.75. The highest BCUT2D eigenvalue weighted by Crippen LogP contribution is 2.28. The lowest BCUT2D eigenvalue weighted by molar-refractivity contribution is -0.0553. The van der Waals surface area contributed by atoms with Gasteiger partial charge in [0.25, 0.3) is 0 Å². The summed E-state index contributed by atoms with van der Waals surface area (Å²) in [5, 5.41) is 6.41. The summed E-state index contributed by atoms with van der Waals surface area (Å²) in [6.07, 6.45) is 2.00. The van der Waals surface area contributed by atoms with Crippen LogP contribution in [0.1, 0.15) is 26.7 Å². The molecular formula is C16H23N3O2. The zero-order valence-corrected chi connectivity index (χ0v) is 12.7. The van der Waals surface area contributed by atoms with E-state index in [1.54, 1.807) is 4.90 Å². The molecule has 0 saturated carbocycles. The summed E-state index contributed by atoms with van der Waals surface area (Å²) >= 11 is 0. The molecule has 2 N–H and O–H groups in total. The van der Waals surface area contributed by atoms with E-state index in [4.69, 9.17) is 4.74 Å². The molecule has 114 valence electrons. The first-order chi connectivity index (χ1) is 10.0. The van der Waals surface area contributed by atoms with Crippen molar-refractivity contribution in [2.75, 3.05) is 29.9 Å². The fraction of sp³-hybridized carbons (Fsp3) is 0.562. The fourth-order valence-electron chi connectivity index (χ4n) is 3.07. The van der Waals surface area contributed by atoms with E-state index >= 15 is 0 Å². The number of amides is 2. The predicted molar refractivity (Wildman–Crippen MR) is 83.9 cm³/mol. The van der Waals surface area contributed by atoms with E-state index in [1.165, 1.54) is 0 Å². The molecule has 1 aromatic carbocycles. The predicted octanol–water partition coefficient (Wildman–Crippen LogP) is 2.59. The second kappa shape index (κ2) is 5.56. The van der Waals surface area contributed by atoms with Crippen LogP contribution in [0.5, 0.6) is 0 Å². The summed E-state index contributed by atoms with van der Waals surface area (Å²) in [6.45, 7) is 6.49. The molecule has 2 fully saturated rings. The van der Waals surface area contributed by atoms with Crippen molar-refractivity contribution >= 4 is 17.4 Å². The van der Waals surface area contributed by atoms with Gasteiger partial charge in [0.15, 0.2) is 0 Å². The molecule has 0 aromatic heterocycles. The van der Waals surface area contributed by atoms with Crippen LogP contribution in [0.2, 0.25) is 0 Å². The summed E-state index contributed by atoms with van der Waals surface area (Å²) in [7, 11) is 0. The van der Waals surface area contributed by atoms with Crippen molar-refractivity contribution in [3.8, 4) is 0 Å². The number of carbonyl (C=O) groups is 1. The number of hydrogen-bond acceptors (Lipinski definition) is 3. The molecule has 1 unspecified atom stereocenters. The third-order valence-corrected chi connectivity index (χ3v) is 4.08. The molecule has 2 heterocycles. The van der Waals surface area contributed by atoms with E-state index in [0.29, 0.717) is 12.6 Å². The highest BCUT2D eigenvalue weighted by Gasteiger charge is 2.29. The number of benzene rings is 1. The quantitative estimate of drug-likeness (QED) is 0.899. The topological polar surface area (TPSA) is 53.6 Å². The lowest BCUT2D eigenvalue weighted by atomic mass is 9.94. The first-order valence-electron chi connectivity index (χ1n) is 7.59. The zero-order valence-electron chi connectivity index (χ0n) is 12.7. The zero-order chi connectivity index (χ0) is 14.9. The van der Waals surface area contributed by atoms with Gasteiger partial charge in [0.2, 0.25) is 0 Å². The molecule has 2 amide bonds. The second-order valence-corrected chi connectivity index (χ2v) is 6.38. The summed E-state index contributed by atoms with van der Waals surface area (Å²) in [5.41, 5.74) is 1.94. The number of ether oxygens (including phenoxy) is 1. The van der Waals surface area contributed by atoms with Crippen molar-refractivity contribution in [2.45, 2.75) is 38.3 Å². The minimum atomic E-state index is -0.0671. The maximum Gasteiger partial charge on any atom is 0.321 e. The maximum atomic E-state index is 11.7. The molecule has 1 atom stereocenters. The van der Waals surface area contributed by atoms with E-state index in [2.05, 4.69) is 30.5 Å². The van der Waals surface area contributed by atoms with E-state index in [-0.39, 0.29) is 11.6 Å². The molecule has 0 spiro atoms. The number of rotatable bonds is 3. The number of hydrogen-bond donors (Lipinski definition) is 2. The molecule has 2 aliphatic heterocycles. The van der Waals surface area contributed by atoms with Crippen LogP contribution in [-0.2, 0) is 4.74 Å². The highest BCUT2D eigenvalue weighted by molar-refractivity contribution is 5.94. The Kier molecular flexibility index (Phi) is 3.76. The van der Waals surface area contributed by atoms with E-state index in [1.807, 2.05) is 18.2 Å². The van der Waals surface area contributed by atoms with Crippen LogP contribution in [0, 0.1) is 0 Å². The Morgan fingerprint density at radius 1 is 1.43 bits per heavy atom. The molecule has 0 bridgehead atoms. The minimum absolute atomic E-state index is 0.0145. The van der Waals surface area contributed by atoms with Crippen LogP contribution >= 0.6 is 0 Å². The third-order valence-electron chi connectivity index (χ3n) is 4.08. The first kappa shape index (κ1) is 14.2. The van der Waals surface area contributed by atoms with Gasteiger partial charge < -0.3 is 15.4 Å². The van der Waals surface area contributed by atoms with E-state index in [0.717, 1.165) is 37.4 Å². The van der Waals surface area contributed by atoms with Crippen molar-refractivity contribution in [1.82, 2.24) is 5.32 Å². The maximum absolute atomic E-state index is 11.7. The molecule has 0 radical (unpaired) electrons. The Hall–Kier alpha value is -1.75. The van der Waals surface area contributed by atoms with Crippen LogP contribution < -0.4 is 15.5 Å². The number of nitrogens with zero attached hydrogens (tertiary/aromatic N) is 1. The Morgan fingerprint density at radius 2 is 2.29 bits per heavy atom. The van der Waals surface area contributed by atoms with Gasteiger partial charge in [-0.1, -0.05) is 6.07 Å². The number of nitrogens with one attached hydrogen (secondary N) is 2. The summed E-state index contributed by atoms with van der Waals surface area (Å²) in [5.74, 6) is 0. The molecule has 2 saturated heterocycles. The Balaban J connectivity index is 1.70. The Morgan fingerprint density at radius 3 is 3.00 bits per heavy atom. The van der Waals surface area contributed by atoms with Gasteiger partial charge in [-0.15, -0.1) is 0 Å². The number of urea groups is 1. The van der Waals surface area contributed by atoms with Gasteiger partial charge in [-0.25, -0.2) is 4.79 Å². The number of anilines is 2. The van der Waals surface area contributed by atoms with Crippen molar-refractivity contribution < 1.29 is 9.53 Å². The SMILES string of the molecule is CC1(C)CC(Nc2cccc(N3CCNC3=O)c2)CCO1. The molecule has 3 rings (SSSR count). The van der Waals surface area contributed by atoms with Crippen molar-refractivity contribution in [3.05, 3.63) is 24.3 Å². The lowest BCUT2D eigenvalue weighted by Gasteiger charge is -2.36. The van der Waals surface area contributed by atoms with Crippen LogP contribution in [0.25, 0.3) is 0 Å². The van der Waals surface area contributed by atoms with Gasteiger partial charge in [-0.2, -0.15) is 0 Å². The highest BCUT2D eigenvalue weighted by atomic mass is 16.5. The first-order valence-corrected chi connectivity index (χ1v) is 7.59. The average Bonchev–Trinajstić information content (AvgIpc) is 2.84. The molecule has 0 aliphatic carbocycles. The molecule has 21 heavy (non-hydrogen) atoms. The van der Waals surface area contributed by atoms with E-state index < -0.39 is 0 Å². The summed E-state index contributed by atoms with van der Waals surface area (Å²) in [6, 6.07) is 8.47. The minimum Gasteiger partial charge on any atom is -0.382 e. The number of carbonyl (C=O) groups excluding carboxylic acids is 1. The fourth-order valence-corrected chi connectivity index (χ4v) is 3.07. The normalized spacial score (nSPS) is 24.8. The summed E-state index contributed by atoms with van der Waals surface area (Å²) in [4.78, 5) is 13.5. The van der Waals surface area contributed by atoms with Gasteiger partial charge in [0.1, 0.15) is 0 Å².